The Kier molecular flexibility index (Phi) is 6.59. The summed E-state index contributed by atoms with van der Waals surface area (Å²) < 4.78 is 18.9. The molecule has 5 rings (SSSR count). The molecular weight excluding hydrogens is 433 g/mol. The van der Waals surface area contributed by atoms with Gasteiger partial charge in [-0.25, -0.2) is 4.39 Å². The van der Waals surface area contributed by atoms with Crippen LogP contribution in [0.2, 0.25) is 0 Å². The molecule has 174 valence electrons. The summed E-state index contributed by atoms with van der Waals surface area (Å²) >= 11 is 0. The van der Waals surface area contributed by atoms with E-state index in [1.165, 1.54) is 12.1 Å². The minimum absolute atomic E-state index is 0. The lowest BCUT2D eigenvalue weighted by Crippen LogP contribution is -2.57. The van der Waals surface area contributed by atoms with Crippen molar-refractivity contribution in [3.8, 4) is 0 Å². The van der Waals surface area contributed by atoms with Crippen LogP contribution >= 0.6 is 12.4 Å². The fourth-order valence-corrected chi connectivity index (χ4v) is 6.39. The van der Waals surface area contributed by atoms with E-state index in [4.69, 9.17) is 4.52 Å². The molecule has 1 aliphatic carbocycles. The second-order valence-electron chi connectivity index (χ2n) is 9.48. The highest BCUT2D eigenvalue weighted by molar-refractivity contribution is 6.08. The first-order valence-electron chi connectivity index (χ1n) is 11.7. The molecule has 2 aliphatic heterocycles. The highest BCUT2D eigenvalue weighted by Crippen LogP contribution is 2.51. The van der Waals surface area contributed by atoms with Crippen molar-refractivity contribution < 1.29 is 18.5 Å². The van der Waals surface area contributed by atoms with Gasteiger partial charge in [-0.1, -0.05) is 31.3 Å². The van der Waals surface area contributed by atoms with Gasteiger partial charge in [0.25, 0.3) is 0 Å². The highest BCUT2D eigenvalue weighted by atomic mass is 35.5. The third-order valence-electron chi connectivity index (χ3n) is 7.93. The van der Waals surface area contributed by atoms with Gasteiger partial charge in [0.2, 0.25) is 11.8 Å². The largest absolute Gasteiger partial charge is 0.356 e. The molecule has 1 aromatic carbocycles. The number of halogens is 2. The Morgan fingerprint density at radius 1 is 1.22 bits per heavy atom. The van der Waals surface area contributed by atoms with Crippen molar-refractivity contribution in [1.29, 1.82) is 0 Å². The monoisotopic (exact) mass is 463 g/mol. The second-order valence-corrected chi connectivity index (χ2v) is 9.48. The number of carbonyl (C=O) groups is 2. The molecule has 3 atom stereocenters. The summed E-state index contributed by atoms with van der Waals surface area (Å²) in [6.45, 7) is 3.87. The molecule has 3 unspecified atom stereocenters. The maximum atomic E-state index is 13.5. The molecule has 32 heavy (non-hydrogen) atoms. The van der Waals surface area contributed by atoms with Crippen molar-refractivity contribution in [2.45, 2.75) is 70.3 Å². The summed E-state index contributed by atoms with van der Waals surface area (Å²) in [6.07, 6.45) is 7.38. The maximum absolute atomic E-state index is 13.5. The lowest BCUT2D eigenvalue weighted by atomic mass is 9.61. The molecule has 2 amide bonds. The number of unbranched alkanes of at least 4 members (excludes halogenated alkanes) is 1. The molecular formula is C24H31ClFN3O3. The Balaban J connectivity index is 0.00000245. The highest BCUT2D eigenvalue weighted by Gasteiger charge is 2.61. The van der Waals surface area contributed by atoms with E-state index in [1.54, 1.807) is 6.07 Å². The number of hydrogen-bond acceptors (Lipinski definition) is 5. The molecule has 6 nitrogen and oxygen atoms in total. The summed E-state index contributed by atoms with van der Waals surface area (Å²) in [4.78, 5) is 28.1. The number of nitrogens with zero attached hydrogens (tertiary/aromatic N) is 2. The van der Waals surface area contributed by atoms with Gasteiger partial charge < -0.3 is 4.52 Å². The van der Waals surface area contributed by atoms with Crippen LogP contribution in [0.1, 0.15) is 69.9 Å². The standard InChI is InChI=1S/C24H30FN3O3.ClH/c1-2-3-11-24-18(22(29)26-23(24)30)5-4-6-20(24)28-12-9-15(10-13-28)21-17-8-7-16(25)14-19(17)31-27-21;/h7-8,14-15,18,20H,2-6,9-13H2,1H3,(H,26,29,30);1H. The maximum Gasteiger partial charge on any atom is 0.235 e. The number of nitrogens with one attached hydrogen (secondary N) is 1. The predicted molar refractivity (Wildman–Crippen MR) is 121 cm³/mol. The smallest absolute Gasteiger partial charge is 0.235 e. The lowest BCUT2D eigenvalue weighted by Gasteiger charge is -2.49. The quantitative estimate of drug-likeness (QED) is 0.657. The first kappa shape index (κ1) is 23.2. The Hall–Kier alpha value is -1.99. The van der Waals surface area contributed by atoms with Gasteiger partial charge in [-0.3, -0.25) is 19.8 Å². The van der Waals surface area contributed by atoms with Gasteiger partial charge in [-0.05, 0) is 57.3 Å². The van der Waals surface area contributed by atoms with E-state index in [1.807, 2.05) is 0 Å². The van der Waals surface area contributed by atoms with Crippen molar-refractivity contribution >= 4 is 35.2 Å². The number of aromatic nitrogens is 1. The molecule has 3 aliphatic rings. The fourth-order valence-electron chi connectivity index (χ4n) is 6.39. The molecule has 0 bridgehead atoms. The predicted octanol–water partition coefficient (Wildman–Crippen LogP) is 4.57. The third kappa shape index (κ3) is 3.63. The van der Waals surface area contributed by atoms with Crippen LogP contribution < -0.4 is 5.32 Å². The summed E-state index contributed by atoms with van der Waals surface area (Å²) in [5, 5.41) is 7.82. The summed E-state index contributed by atoms with van der Waals surface area (Å²) in [5.41, 5.74) is 0.828. The molecule has 1 N–H and O–H groups in total. The first-order chi connectivity index (χ1) is 15.0. The number of piperidine rings is 1. The van der Waals surface area contributed by atoms with Crippen molar-refractivity contribution in [3.05, 3.63) is 29.7 Å². The Bertz CT molecular complexity index is 1000. The zero-order valence-corrected chi connectivity index (χ0v) is 19.3. The van der Waals surface area contributed by atoms with Crippen LogP contribution in [-0.2, 0) is 9.59 Å². The number of imide groups is 1. The zero-order valence-electron chi connectivity index (χ0n) is 18.4. The van der Waals surface area contributed by atoms with E-state index in [2.05, 4.69) is 22.3 Å². The van der Waals surface area contributed by atoms with Crippen LogP contribution in [0, 0.1) is 17.2 Å². The summed E-state index contributed by atoms with van der Waals surface area (Å²) in [7, 11) is 0. The van der Waals surface area contributed by atoms with Crippen molar-refractivity contribution in [2.24, 2.45) is 11.3 Å². The van der Waals surface area contributed by atoms with Crippen molar-refractivity contribution in [1.82, 2.24) is 15.4 Å². The summed E-state index contributed by atoms with van der Waals surface area (Å²) in [6, 6.07) is 4.71. The molecule has 0 spiro atoms. The Morgan fingerprint density at radius 2 is 2.00 bits per heavy atom. The normalized spacial score (nSPS) is 29.1. The Morgan fingerprint density at radius 3 is 2.75 bits per heavy atom. The van der Waals surface area contributed by atoms with E-state index in [0.717, 1.165) is 75.5 Å². The minimum atomic E-state index is -0.573. The molecule has 8 heteroatoms. The van der Waals surface area contributed by atoms with E-state index >= 15 is 0 Å². The van der Waals surface area contributed by atoms with Crippen molar-refractivity contribution in [2.75, 3.05) is 13.1 Å². The van der Waals surface area contributed by atoms with E-state index in [9.17, 15) is 14.0 Å². The topological polar surface area (TPSA) is 75.4 Å². The van der Waals surface area contributed by atoms with Gasteiger partial charge in [-0.15, -0.1) is 12.4 Å². The van der Waals surface area contributed by atoms with Crippen LogP contribution in [0.15, 0.2) is 22.7 Å². The third-order valence-corrected chi connectivity index (χ3v) is 7.93. The van der Waals surface area contributed by atoms with Crippen LogP contribution in [0.25, 0.3) is 11.0 Å². The van der Waals surface area contributed by atoms with Gasteiger partial charge in [0.05, 0.1) is 17.0 Å². The molecule has 1 saturated carbocycles. The van der Waals surface area contributed by atoms with E-state index < -0.39 is 5.41 Å². The van der Waals surface area contributed by atoms with Crippen LogP contribution in [0.3, 0.4) is 0 Å². The van der Waals surface area contributed by atoms with Gasteiger partial charge in [0.1, 0.15) is 5.82 Å². The molecule has 1 aromatic heterocycles. The number of carbonyl (C=O) groups excluding carboxylic acids is 2. The van der Waals surface area contributed by atoms with Gasteiger partial charge in [0, 0.05) is 23.4 Å². The van der Waals surface area contributed by atoms with Crippen LogP contribution in [0.5, 0.6) is 0 Å². The van der Waals surface area contributed by atoms with Crippen LogP contribution in [0.4, 0.5) is 4.39 Å². The SMILES string of the molecule is CCCCC12C(=O)NC(=O)C1CCCC2N1CCC(c2noc3cc(F)ccc23)CC1.Cl. The number of benzene rings is 1. The Labute approximate surface area is 193 Å². The van der Waals surface area contributed by atoms with Crippen LogP contribution in [-0.4, -0.2) is 41.0 Å². The molecule has 2 aromatic rings. The molecule has 2 saturated heterocycles. The molecule has 3 heterocycles. The van der Waals surface area contributed by atoms with E-state index in [0.29, 0.717) is 5.58 Å². The van der Waals surface area contributed by atoms with E-state index in [-0.39, 0.29) is 47.9 Å². The van der Waals surface area contributed by atoms with Crippen molar-refractivity contribution in [3.63, 3.8) is 0 Å². The number of hydrogen-bond donors (Lipinski definition) is 1. The summed E-state index contributed by atoms with van der Waals surface area (Å²) in [5.74, 6) is -0.363. The average molecular weight is 464 g/mol. The molecule has 3 fully saturated rings. The fraction of sp³-hybridized carbons (Fsp3) is 0.625. The zero-order chi connectivity index (χ0) is 21.6. The minimum Gasteiger partial charge on any atom is -0.356 e. The number of amides is 2. The van der Waals surface area contributed by atoms with Gasteiger partial charge in [0.15, 0.2) is 5.58 Å². The lowest BCUT2D eigenvalue weighted by molar-refractivity contribution is -0.138. The average Bonchev–Trinajstić information content (AvgIpc) is 3.30. The second kappa shape index (κ2) is 9.10. The van der Waals surface area contributed by atoms with Gasteiger partial charge in [-0.2, -0.15) is 0 Å². The number of rotatable bonds is 5. The molecule has 0 radical (unpaired) electrons. The number of fused-ring (bicyclic) bond motifs is 2. The first-order valence-corrected chi connectivity index (χ1v) is 11.7. The van der Waals surface area contributed by atoms with Gasteiger partial charge >= 0.3 is 0 Å². The number of likely N-dealkylation sites (tertiary alicyclic amines) is 1.